The van der Waals surface area contributed by atoms with Crippen LogP contribution in [0.5, 0.6) is 0 Å². The third-order valence-electron chi connectivity index (χ3n) is 4.02. The van der Waals surface area contributed by atoms with Crippen LogP contribution in [-0.2, 0) is 19.0 Å². The van der Waals surface area contributed by atoms with Crippen molar-refractivity contribution < 1.29 is 28.6 Å². The molecule has 0 saturated heterocycles. The molecule has 0 aromatic heterocycles. The lowest BCUT2D eigenvalue weighted by Crippen LogP contribution is -2.48. The van der Waals surface area contributed by atoms with Crippen LogP contribution in [-0.4, -0.2) is 41.5 Å². The van der Waals surface area contributed by atoms with Crippen molar-refractivity contribution in [1.29, 1.82) is 0 Å². The summed E-state index contributed by atoms with van der Waals surface area (Å²) in [7, 11) is 0. The Kier molecular flexibility index (Phi) is 9.17. The second-order valence-corrected chi connectivity index (χ2v) is 8.36. The fraction of sp³-hybridized carbons (Fsp3) is 0.304. The molecule has 0 aliphatic carbocycles. The molecule has 0 aliphatic heterocycles. The summed E-state index contributed by atoms with van der Waals surface area (Å²) in [5, 5.41) is 4.16. The molecule has 0 unspecified atom stereocenters. The number of ether oxygens (including phenoxy) is 3. The molecule has 2 amide bonds. The van der Waals surface area contributed by atoms with E-state index in [1.807, 2.05) is 60.7 Å². The second-order valence-electron chi connectivity index (χ2n) is 7.92. The van der Waals surface area contributed by atoms with Gasteiger partial charge in [0.05, 0.1) is 0 Å². The van der Waals surface area contributed by atoms with E-state index < -0.39 is 42.5 Å². The summed E-state index contributed by atoms with van der Waals surface area (Å²) in [6, 6.07) is 16.9. The van der Waals surface area contributed by atoms with Gasteiger partial charge in [0, 0.05) is 0 Å². The van der Waals surface area contributed by atoms with Crippen molar-refractivity contribution in [1.82, 2.24) is 10.6 Å². The third kappa shape index (κ3) is 9.16. The number of carbonyl (C=O) groups excluding carboxylic acids is 3. The fourth-order valence-electron chi connectivity index (χ4n) is 2.70. The van der Waals surface area contributed by atoms with Gasteiger partial charge in [0.15, 0.2) is 17.3 Å². The minimum Gasteiger partial charge on any atom is -0.451 e. The maximum Gasteiger partial charge on any atom is 0.413 e. The van der Waals surface area contributed by atoms with Crippen molar-refractivity contribution in [2.75, 3.05) is 6.61 Å². The quantitative estimate of drug-likeness (QED) is 0.318. The van der Waals surface area contributed by atoms with Crippen LogP contribution in [0.25, 0.3) is 0 Å². The van der Waals surface area contributed by atoms with Gasteiger partial charge in [0.2, 0.25) is 0 Å². The zero-order valence-corrected chi connectivity index (χ0v) is 19.4. The normalized spacial score (nSPS) is 11.8. The van der Waals surface area contributed by atoms with E-state index in [2.05, 4.69) is 22.9 Å². The summed E-state index contributed by atoms with van der Waals surface area (Å²) in [5.41, 5.74) is 5.88. The summed E-state index contributed by atoms with van der Waals surface area (Å²) in [6.45, 7) is 4.48. The van der Waals surface area contributed by atoms with Crippen LogP contribution in [0.3, 0.4) is 0 Å². The Hall–Kier alpha value is -3.66. The number of nitrogens with one attached hydrogen (secondary N) is 2. The Bertz CT molecular complexity index is 924. The molecule has 10 heteroatoms. The first kappa shape index (κ1) is 25.6. The highest BCUT2D eigenvalue weighted by molar-refractivity contribution is 7.80. The second kappa shape index (κ2) is 11.8. The molecule has 2 aromatic rings. The molecule has 0 aliphatic rings. The van der Waals surface area contributed by atoms with Gasteiger partial charge in [0.1, 0.15) is 12.2 Å². The van der Waals surface area contributed by atoms with E-state index in [0.717, 1.165) is 11.1 Å². The van der Waals surface area contributed by atoms with Gasteiger partial charge in [-0.3, -0.25) is 5.32 Å². The maximum atomic E-state index is 13.1. The first-order valence-corrected chi connectivity index (χ1v) is 10.5. The van der Waals surface area contributed by atoms with Crippen molar-refractivity contribution in [3.63, 3.8) is 0 Å². The van der Waals surface area contributed by atoms with Gasteiger partial charge in [-0.1, -0.05) is 60.7 Å². The standard InChI is InChI=1S/C23H27N3O6S/c1-23(2,3)32-22(29)25-17(14-30-21(28)26-20(24)33)19(27)31-18(15-10-6-4-7-11-15)16-12-8-5-9-13-16/h4-13,17-18H,14H2,1-3H3,(H,25,29)(H3,24,26,28,33)/t17-/m1/s1. The molecule has 4 N–H and O–H groups in total. The van der Waals surface area contributed by atoms with Crippen molar-refractivity contribution in [2.45, 2.75) is 38.5 Å². The predicted molar refractivity (Wildman–Crippen MR) is 125 cm³/mol. The summed E-state index contributed by atoms with van der Waals surface area (Å²) in [5.74, 6) is -0.832. The smallest absolute Gasteiger partial charge is 0.413 e. The molecule has 0 spiro atoms. The van der Waals surface area contributed by atoms with Gasteiger partial charge in [0.25, 0.3) is 0 Å². The van der Waals surface area contributed by atoms with Crippen molar-refractivity contribution >= 4 is 35.5 Å². The fourth-order valence-corrected chi connectivity index (χ4v) is 2.78. The molecule has 0 heterocycles. The van der Waals surface area contributed by atoms with Crippen LogP contribution in [0.15, 0.2) is 60.7 Å². The number of esters is 1. The molecule has 176 valence electrons. The third-order valence-corrected chi connectivity index (χ3v) is 4.12. The van der Waals surface area contributed by atoms with Gasteiger partial charge < -0.3 is 25.3 Å². The van der Waals surface area contributed by atoms with E-state index in [1.54, 1.807) is 20.8 Å². The summed E-state index contributed by atoms with van der Waals surface area (Å²) >= 11 is 4.58. The molecule has 0 radical (unpaired) electrons. The molecule has 33 heavy (non-hydrogen) atoms. The molecule has 2 aromatic carbocycles. The van der Waals surface area contributed by atoms with E-state index in [9.17, 15) is 14.4 Å². The van der Waals surface area contributed by atoms with Gasteiger partial charge >= 0.3 is 18.2 Å². The van der Waals surface area contributed by atoms with Crippen LogP contribution in [0.2, 0.25) is 0 Å². The highest BCUT2D eigenvalue weighted by Crippen LogP contribution is 2.26. The van der Waals surface area contributed by atoms with Crippen molar-refractivity contribution in [2.24, 2.45) is 5.73 Å². The topological polar surface area (TPSA) is 129 Å². The predicted octanol–water partition coefficient (Wildman–Crippen LogP) is 3.18. The number of alkyl carbamates (subject to hydrolysis) is 2. The van der Waals surface area contributed by atoms with E-state index in [0.29, 0.717) is 0 Å². The first-order valence-electron chi connectivity index (χ1n) is 10.1. The lowest BCUT2D eigenvalue weighted by atomic mass is 10.0. The number of hydrogen-bond donors (Lipinski definition) is 3. The van der Waals surface area contributed by atoms with Crippen LogP contribution in [0.4, 0.5) is 9.59 Å². The van der Waals surface area contributed by atoms with Gasteiger partial charge in [-0.2, -0.15) is 0 Å². The number of nitrogens with two attached hydrogens (primary N) is 1. The maximum absolute atomic E-state index is 13.1. The van der Waals surface area contributed by atoms with Crippen molar-refractivity contribution in [3.05, 3.63) is 71.8 Å². The van der Waals surface area contributed by atoms with Gasteiger partial charge in [-0.05, 0) is 44.1 Å². The number of hydrogen-bond acceptors (Lipinski definition) is 7. The van der Waals surface area contributed by atoms with Crippen LogP contribution < -0.4 is 16.4 Å². The van der Waals surface area contributed by atoms with Crippen LogP contribution in [0, 0.1) is 0 Å². The minimum absolute atomic E-state index is 0.299. The van der Waals surface area contributed by atoms with E-state index in [1.165, 1.54) is 0 Å². The monoisotopic (exact) mass is 473 g/mol. The molecular weight excluding hydrogens is 446 g/mol. The average molecular weight is 474 g/mol. The zero-order chi connectivity index (χ0) is 24.4. The number of amides is 2. The molecule has 2 rings (SSSR count). The lowest BCUT2D eigenvalue weighted by molar-refractivity contribution is -0.151. The summed E-state index contributed by atoms with van der Waals surface area (Å²) in [4.78, 5) is 37.1. The molecule has 0 fully saturated rings. The number of thiocarbonyl (C=S) groups is 1. The highest BCUT2D eigenvalue weighted by atomic mass is 32.1. The Morgan fingerprint density at radius 3 is 1.91 bits per heavy atom. The van der Waals surface area contributed by atoms with Gasteiger partial charge in [-0.25, -0.2) is 14.4 Å². The summed E-state index contributed by atoms with van der Waals surface area (Å²) in [6.07, 6.45) is -2.61. The summed E-state index contributed by atoms with van der Waals surface area (Å²) < 4.78 is 15.9. The van der Waals surface area contributed by atoms with Gasteiger partial charge in [-0.15, -0.1) is 0 Å². The number of carbonyl (C=O) groups is 3. The largest absolute Gasteiger partial charge is 0.451 e. The molecule has 0 saturated carbocycles. The molecular formula is C23H27N3O6S. The highest BCUT2D eigenvalue weighted by Gasteiger charge is 2.30. The van der Waals surface area contributed by atoms with E-state index in [-0.39, 0.29) is 5.11 Å². The number of rotatable bonds is 7. The van der Waals surface area contributed by atoms with Crippen molar-refractivity contribution in [3.8, 4) is 0 Å². The Balaban J connectivity index is 2.23. The van der Waals surface area contributed by atoms with Crippen LogP contribution in [0.1, 0.15) is 38.0 Å². The molecule has 0 bridgehead atoms. The van der Waals surface area contributed by atoms with E-state index >= 15 is 0 Å². The Morgan fingerprint density at radius 2 is 1.45 bits per heavy atom. The lowest BCUT2D eigenvalue weighted by Gasteiger charge is -2.25. The van der Waals surface area contributed by atoms with E-state index in [4.69, 9.17) is 19.9 Å². The SMILES string of the molecule is CC(C)(C)OC(=O)N[C@H](COC(=O)NC(N)=S)C(=O)OC(c1ccccc1)c1ccccc1. The molecule has 9 nitrogen and oxygen atoms in total. The zero-order valence-electron chi connectivity index (χ0n) is 18.6. The Labute approximate surface area is 197 Å². The first-order chi connectivity index (χ1) is 15.5. The number of benzene rings is 2. The molecule has 1 atom stereocenters. The average Bonchev–Trinajstić information content (AvgIpc) is 2.74. The van der Waals surface area contributed by atoms with Crippen LogP contribution >= 0.6 is 12.2 Å². The minimum atomic E-state index is -1.35. The Morgan fingerprint density at radius 1 is 0.939 bits per heavy atom.